The molecule has 30 heavy (non-hydrogen) atoms. The highest BCUT2D eigenvalue weighted by molar-refractivity contribution is 6.28. The normalized spacial score (nSPS) is 16.7. The molecule has 0 bridgehead atoms. The molecule has 2 aromatic heterocycles. The molecule has 0 spiro atoms. The Morgan fingerprint density at radius 1 is 1.27 bits per heavy atom. The zero-order chi connectivity index (χ0) is 21.5. The Morgan fingerprint density at radius 2 is 2.07 bits per heavy atom. The first-order valence-electron chi connectivity index (χ1n) is 9.12. The number of aromatic nitrogens is 4. The van der Waals surface area contributed by atoms with Gasteiger partial charge in [-0.05, 0) is 30.2 Å². The topological polar surface area (TPSA) is 68.1 Å². The maximum Gasteiger partial charge on any atom is 0.432 e. The fourth-order valence-electron chi connectivity index (χ4n) is 3.41. The monoisotopic (exact) mass is 438 g/mol. The summed E-state index contributed by atoms with van der Waals surface area (Å²) in [6.07, 6.45) is -0.790. The maximum absolute atomic E-state index is 13.2. The number of methoxy groups -OCH3 is 1. The number of nitrogens with zero attached hydrogens (tertiary/aromatic N) is 5. The average molecular weight is 439 g/mol. The van der Waals surface area contributed by atoms with Crippen LogP contribution in [0.5, 0.6) is 5.75 Å². The second kappa shape index (κ2) is 7.67. The van der Waals surface area contributed by atoms with Gasteiger partial charge in [-0.3, -0.25) is 0 Å². The third-order valence-electron chi connectivity index (χ3n) is 4.86. The van der Waals surface area contributed by atoms with Gasteiger partial charge in [0.05, 0.1) is 25.2 Å². The lowest BCUT2D eigenvalue weighted by atomic mass is 10.1. The van der Waals surface area contributed by atoms with E-state index in [1.165, 1.54) is 7.11 Å². The van der Waals surface area contributed by atoms with Crippen molar-refractivity contribution in [2.45, 2.75) is 25.8 Å². The summed E-state index contributed by atoms with van der Waals surface area (Å²) in [4.78, 5) is 9.72. The molecule has 7 nitrogen and oxygen atoms in total. The van der Waals surface area contributed by atoms with Crippen molar-refractivity contribution in [3.05, 3.63) is 58.9 Å². The van der Waals surface area contributed by atoms with Gasteiger partial charge < -0.3 is 15.0 Å². The largest absolute Gasteiger partial charge is 0.496 e. The average Bonchev–Trinajstić information content (AvgIpc) is 3.32. The Morgan fingerprint density at radius 3 is 2.77 bits per heavy atom. The van der Waals surface area contributed by atoms with E-state index in [2.05, 4.69) is 20.4 Å². The van der Waals surface area contributed by atoms with Crippen LogP contribution in [0.15, 0.2) is 42.5 Å². The first-order valence-corrected chi connectivity index (χ1v) is 9.50. The number of hydrogen-bond donors (Lipinski definition) is 1. The Bertz CT molecular complexity index is 1110. The van der Waals surface area contributed by atoms with Crippen molar-refractivity contribution in [3.63, 3.8) is 0 Å². The van der Waals surface area contributed by atoms with Crippen molar-refractivity contribution in [1.82, 2.24) is 30.0 Å². The van der Waals surface area contributed by atoms with Crippen LogP contribution in [0.4, 0.5) is 13.2 Å². The van der Waals surface area contributed by atoms with Gasteiger partial charge in [-0.1, -0.05) is 12.1 Å². The van der Waals surface area contributed by atoms with Crippen LogP contribution in [0, 0.1) is 0 Å². The Hall–Kier alpha value is -3.01. The second-order valence-electron chi connectivity index (χ2n) is 6.71. The number of allylic oxidation sites excluding steroid dienone is 1. The quantitative estimate of drug-likeness (QED) is 0.610. The van der Waals surface area contributed by atoms with Gasteiger partial charge >= 0.3 is 6.18 Å². The minimum Gasteiger partial charge on any atom is -0.496 e. The van der Waals surface area contributed by atoms with Crippen LogP contribution in [0.2, 0.25) is 5.28 Å². The van der Waals surface area contributed by atoms with Gasteiger partial charge in [-0.15, -0.1) is 0 Å². The fraction of sp³-hybridized carbons (Fsp3) is 0.316. The molecule has 1 N–H and O–H groups in total. The molecule has 1 unspecified atom stereocenters. The molecule has 3 aromatic rings. The summed E-state index contributed by atoms with van der Waals surface area (Å²) in [5, 5.41) is 7.74. The number of fused-ring (bicyclic) bond motifs is 1. The summed E-state index contributed by atoms with van der Waals surface area (Å²) in [7, 11) is 1.49. The number of ether oxygens (including phenoxy) is 1. The zero-order valence-corrected chi connectivity index (χ0v) is 16.9. The molecule has 0 aliphatic carbocycles. The van der Waals surface area contributed by atoms with Crippen LogP contribution in [0.25, 0.3) is 11.0 Å². The molecule has 0 amide bonds. The molecule has 0 radical (unpaired) electrons. The first-order chi connectivity index (χ1) is 14.3. The highest BCUT2D eigenvalue weighted by Gasteiger charge is 2.41. The summed E-state index contributed by atoms with van der Waals surface area (Å²) >= 11 is 5.88. The number of benzene rings is 1. The third kappa shape index (κ3) is 3.74. The highest BCUT2D eigenvalue weighted by atomic mass is 35.5. The molecule has 1 aromatic carbocycles. The smallest absolute Gasteiger partial charge is 0.432 e. The fourth-order valence-corrected chi connectivity index (χ4v) is 3.54. The minimum absolute atomic E-state index is 0.122. The van der Waals surface area contributed by atoms with Crippen molar-refractivity contribution in [3.8, 4) is 5.75 Å². The number of alkyl halides is 3. The molecule has 3 heterocycles. The molecule has 0 saturated heterocycles. The lowest BCUT2D eigenvalue weighted by Crippen LogP contribution is -2.30. The predicted octanol–water partition coefficient (Wildman–Crippen LogP) is 3.86. The standard InChI is InChI=1S/C19H18ClF3N6O/c1-3-28-10-15(19(21,22)23)26-17(28)13-5-4-11(6-14(13)30-2)9-29-16-12(8-25-29)7-24-18(20)27-16/h4-8,10,17,26H,3,9H2,1-2H3. The third-order valence-corrected chi connectivity index (χ3v) is 5.04. The Balaban J connectivity index is 1.63. The van der Waals surface area contributed by atoms with E-state index in [4.69, 9.17) is 16.3 Å². The van der Waals surface area contributed by atoms with E-state index < -0.39 is 18.0 Å². The number of rotatable bonds is 5. The lowest BCUT2D eigenvalue weighted by molar-refractivity contribution is -0.0963. The predicted molar refractivity (Wildman–Crippen MR) is 105 cm³/mol. The van der Waals surface area contributed by atoms with Gasteiger partial charge in [0.2, 0.25) is 5.28 Å². The molecule has 0 saturated carbocycles. The van der Waals surface area contributed by atoms with Gasteiger partial charge in [0.25, 0.3) is 0 Å². The van der Waals surface area contributed by atoms with Crippen molar-refractivity contribution >= 4 is 22.6 Å². The number of nitrogens with one attached hydrogen (secondary N) is 1. The molecule has 4 rings (SSSR count). The first kappa shape index (κ1) is 20.3. The molecule has 1 aliphatic rings. The summed E-state index contributed by atoms with van der Waals surface area (Å²) in [5.41, 5.74) is 1.27. The summed E-state index contributed by atoms with van der Waals surface area (Å²) < 4.78 is 46.6. The van der Waals surface area contributed by atoms with Crippen molar-refractivity contribution < 1.29 is 17.9 Å². The highest BCUT2D eigenvalue weighted by Crippen LogP contribution is 2.37. The van der Waals surface area contributed by atoms with Gasteiger partial charge in [0, 0.05) is 24.5 Å². The van der Waals surface area contributed by atoms with E-state index in [-0.39, 0.29) is 5.28 Å². The van der Waals surface area contributed by atoms with Gasteiger partial charge in [0.1, 0.15) is 17.6 Å². The van der Waals surface area contributed by atoms with Crippen LogP contribution in [-0.4, -0.2) is 44.5 Å². The van der Waals surface area contributed by atoms with Gasteiger partial charge in [-0.25, -0.2) is 9.67 Å². The van der Waals surface area contributed by atoms with Crippen LogP contribution < -0.4 is 10.1 Å². The van der Waals surface area contributed by atoms with Crippen LogP contribution >= 0.6 is 11.6 Å². The van der Waals surface area contributed by atoms with Gasteiger partial charge in [-0.2, -0.15) is 23.3 Å². The molecule has 158 valence electrons. The van der Waals surface area contributed by atoms with Crippen LogP contribution in [0.3, 0.4) is 0 Å². The van der Waals surface area contributed by atoms with Crippen molar-refractivity contribution in [1.29, 1.82) is 0 Å². The molecule has 0 fully saturated rings. The van der Waals surface area contributed by atoms with Gasteiger partial charge in [0.15, 0.2) is 5.65 Å². The number of hydrogen-bond acceptors (Lipinski definition) is 6. The molecular weight excluding hydrogens is 421 g/mol. The lowest BCUT2D eigenvalue weighted by Gasteiger charge is -2.26. The van der Waals surface area contributed by atoms with Crippen LogP contribution in [0.1, 0.15) is 24.2 Å². The van der Waals surface area contributed by atoms with E-state index in [9.17, 15) is 13.2 Å². The zero-order valence-electron chi connectivity index (χ0n) is 16.1. The molecule has 1 atom stereocenters. The maximum atomic E-state index is 13.2. The summed E-state index contributed by atoms with van der Waals surface area (Å²) in [6.45, 7) is 2.58. The molecular formula is C19H18ClF3N6O. The Kier molecular flexibility index (Phi) is 5.19. The molecule has 11 heteroatoms. The van der Waals surface area contributed by atoms with E-state index in [0.29, 0.717) is 30.0 Å². The summed E-state index contributed by atoms with van der Waals surface area (Å²) in [6, 6.07) is 5.37. The van der Waals surface area contributed by atoms with E-state index >= 15 is 0 Å². The number of halogens is 4. The second-order valence-corrected chi connectivity index (χ2v) is 7.05. The van der Waals surface area contributed by atoms with Crippen molar-refractivity contribution in [2.24, 2.45) is 0 Å². The van der Waals surface area contributed by atoms with Crippen LogP contribution in [-0.2, 0) is 6.54 Å². The van der Waals surface area contributed by atoms with E-state index in [1.807, 2.05) is 6.07 Å². The minimum atomic E-state index is -4.44. The SMILES string of the molecule is CCN1C=C(C(F)(F)F)NC1c1ccc(Cn2ncc3cnc(Cl)nc32)cc1OC. The Labute approximate surface area is 175 Å². The van der Waals surface area contributed by atoms with Crippen molar-refractivity contribution in [2.75, 3.05) is 13.7 Å². The molecule has 1 aliphatic heterocycles. The summed E-state index contributed by atoms with van der Waals surface area (Å²) in [5.74, 6) is 0.476. The van der Waals surface area contributed by atoms with E-state index in [1.54, 1.807) is 41.0 Å². The van der Waals surface area contributed by atoms with E-state index in [0.717, 1.165) is 17.1 Å².